The minimum absolute atomic E-state index is 0.00967. The summed E-state index contributed by atoms with van der Waals surface area (Å²) >= 11 is 0. The van der Waals surface area contributed by atoms with E-state index in [0.717, 1.165) is 44.1 Å². The number of hydrogen-bond acceptors (Lipinski definition) is 4. The zero-order chi connectivity index (χ0) is 17.1. The van der Waals surface area contributed by atoms with Crippen LogP contribution < -0.4 is 0 Å². The van der Waals surface area contributed by atoms with Gasteiger partial charge in [0.2, 0.25) is 0 Å². The minimum Gasteiger partial charge on any atom is -0.372 e. The van der Waals surface area contributed by atoms with Crippen LogP contribution in [-0.2, 0) is 19.0 Å². The summed E-state index contributed by atoms with van der Waals surface area (Å²) in [5.74, 6) is 0.00967. The van der Waals surface area contributed by atoms with Gasteiger partial charge >= 0.3 is 0 Å². The van der Waals surface area contributed by atoms with Crippen molar-refractivity contribution >= 4 is 5.78 Å². The van der Waals surface area contributed by atoms with Gasteiger partial charge < -0.3 is 14.2 Å². The van der Waals surface area contributed by atoms with E-state index in [1.807, 2.05) is 6.92 Å². The molecule has 0 amide bonds. The van der Waals surface area contributed by atoms with E-state index in [-0.39, 0.29) is 18.0 Å². The Kier molecular flexibility index (Phi) is 10.4. The van der Waals surface area contributed by atoms with E-state index < -0.39 is 6.10 Å². The molecular formula is C19H34O4. The van der Waals surface area contributed by atoms with Crippen LogP contribution in [0.2, 0.25) is 0 Å². The molecule has 0 fully saturated rings. The van der Waals surface area contributed by atoms with Gasteiger partial charge in [-0.15, -0.1) is 0 Å². The van der Waals surface area contributed by atoms with E-state index in [9.17, 15) is 4.79 Å². The molecule has 0 aliphatic heterocycles. The molecule has 0 bridgehead atoms. The maximum atomic E-state index is 12.4. The van der Waals surface area contributed by atoms with Gasteiger partial charge in [-0.3, -0.25) is 4.79 Å². The molecule has 0 heterocycles. The van der Waals surface area contributed by atoms with Crippen LogP contribution in [0.5, 0.6) is 0 Å². The molecule has 0 aromatic heterocycles. The summed E-state index contributed by atoms with van der Waals surface area (Å²) in [4.78, 5) is 12.4. The molecule has 3 atom stereocenters. The average molecular weight is 326 g/mol. The second-order valence-electron chi connectivity index (χ2n) is 6.27. The fourth-order valence-corrected chi connectivity index (χ4v) is 2.62. The van der Waals surface area contributed by atoms with Crippen LogP contribution in [0.25, 0.3) is 0 Å². The summed E-state index contributed by atoms with van der Waals surface area (Å²) in [7, 11) is 0. The van der Waals surface area contributed by atoms with Crippen LogP contribution in [0.4, 0.5) is 0 Å². The van der Waals surface area contributed by atoms with Gasteiger partial charge in [0.05, 0.1) is 0 Å². The Morgan fingerprint density at radius 1 is 0.826 bits per heavy atom. The molecule has 23 heavy (non-hydrogen) atoms. The van der Waals surface area contributed by atoms with E-state index in [0.29, 0.717) is 19.8 Å². The molecule has 4 heteroatoms. The van der Waals surface area contributed by atoms with E-state index >= 15 is 0 Å². The van der Waals surface area contributed by atoms with Crippen LogP contribution in [0.3, 0.4) is 0 Å². The van der Waals surface area contributed by atoms with Crippen LogP contribution in [0, 0.1) is 0 Å². The molecule has 0 saturated carbocycles. The van der Waals surface area contributed by atoms with Gasteiger partial charge in [0, 0.05) is 19.8 Å². The standard InChI is InChI=1S/C19H34O4/c1-5-8-11-21-17-15(4)14-16(20)18(22-12-9-6-2)19(17)23-13-10-7-3/h14,17-19H,5-13H2,1-4H3/t17-,18-,19+/m0/s1. The predicted molar refractivity (Wildman–Crippen MR) is 92.7 cm³/mol. The lowest BCUT2D eigenvalue weighted by Gasteiger charge is -2.36. The molecule has 0 spiro atoms. The average Bonchev–Trinajstić information content (AvgIpc) is 2.53. The number of unbranched alkanes of at least 4 members (excludes halogenated alkanes) is 3. The summed E-state index contributed by atoms with van der Waals surface area (Å²) in [6.45, 7) is 10.3. The highest BCUT2D eigenvalue weighted by molar-refractivity contribution is 5.96. The molecule has 4 nitrogen and oxygen atoms in total. The molecule has 0 unspecified atom stereocenters. The Morgan fingerprint density at radius 2 is 1.30 bits per heavy atom. The van der Waals surface area contributed by atoms with Crippen molar-refractivity contribution in [2.45, 2.75) is 84.5 Å². The Bertz CT molecular complexity index is 364. The molecular weight excluding hydrogens is 292 g/mol. The zero-order valence-corrected chi connectivity index (χ0v) is 15.3. The second kappa shape index (κ2) is 11.8. The van der Waals surface area contributed by atoms with Gasteiger partial charge in [-0.2, -0.15) is 0 Å². The third kappa shape index (κ3) is 6.74. The lowest BCUT2D eigenvalue weighted by atomic mass is 9.90. The van der Waals surface area contributed by atoms with Crippen molar-refractivity contribution in [3.63, 3.8) is 0 Å². The molecule has 0 aromatic rings. The summed E-state index contributed by atoms with van der Waals surface area (Å²) < 4.78 is 17.9. The maximum Gasteiger partial charge on any atom is 0.187 e. The number of ether oxygens (including phenoxy) is 3. The molecule has 0 saturated heterocycles. The fraction of sp³-hybridized carbons (Fsp3) is 0.842. The van der Waals surface area contributed by atoms with Crippen molar-refractivity contribution in [1.29, 1.82) is 0 Å². The smallest absolute Gasteiger partial charge is 0.187 e. The first kappa shape index (κ1) is 20.3. The Labute approximate surface area is 141 Å². The van der Waals surface area contributed by atoms with Crippen molar-refractivity contribution in [3.8, 4) is 0 Å². The van der Waals surface area contributed by atoms with E-state index in [1.54, 1.807) is 6.08 Å². The lowest BCUT2D eigenvalue weighted by Crippen LogP contribution is -2.50. The van der Waals surface area contributed by atoms with Crippen molar-refractivity contribution in [1.82, 2.24) is 0 Å². The highest BCUT2D eigenvalue weighted by Crippen LogP contribution is 2.26. The van der Waals surface area contributed by atoms with Gasteiger partial charge in [0.1, 0.15) is 18.3 Å². The molecule has 0 radical (unpaired) electrons. The molecule has 134 valence electrons. The van der Waals surface area contributed by atoms with Crippen molar-refractivity contribution < 1.29 is 19.0 Å². The summed E-state index contributed by atoms with van der Waals surface area (Å²) in [6, 6.07) is 0. The lowest BCUT2D eigenvalue weighted by molar-refractivity contribution is -0.156. The monoisotopic (exact) mass is 326 g/mol. The largest absolute Gasteiger partial charge is 0.372 e. The quantitative estimate of drug-likeness (QED) is 0.507. The number of carbonyl (C=O) groups excluding carboxylic acids is 1. The van der Waals surface area contributed by atoms with Gasteiger partial charge in [-0.1, -0.05) is 40.0 Å². The van der Waals surface area contributed by atoms with Crippen molar-refractivity contribution in [2.75, 3.05) is 19.8 Å². The number of rotatable bonds is 12. The molecule has 1 rings (SSSR count). The predicted octanol–water partition coefficient (Wildman–Crippen LogP) is 4.07. The Balaban J connectivity index is 2.79. The second-order valence-corrected chi connectivity index (χ2v) is 6.27. The first-order valence-electron chi connectivity index (χ1n) is 9.22. The van der Waals surface area contributed by atoms with Gasteiger partial charge in [0.25, 0.3) is 0 Å². The topological polar surface area (TPSA) is 44.8 Å². The van der Waals surface area contributed by atoms with Crippen LogP contribution in [-0.4, -0.2) is 43.9 Å². The SMILES string of the molecule is CCCCO[C@H]1[C@@H](OCCCC)C(=O)C=C(C)[C@@H]1OCCCC. The Morgan fingerprint density at radius 3 is 1.83 bits per heavy atom. The first-order chi connectivity index (χ1) is 11.2. The third-order valence-corrected chi connectivity index (χ3v) is 4.09. The summed E-state index contributed by atoms with van der Waals surface area (Å²) in [5, 5.41) is 0. The van der Waals surface area contributed by atoms with Crippen molar-refractivity contribution in [2.24, 2.45) is 0 Å². The summed E-state index contributed by atoms with van der Waals surface area (Å²) in [5.41, 5.74) is 0.947. The third-order valence-electron chi connectivity index (χ3n) is 4.09. The first-order valence-corrected chi connectivity index (χ1v) is 9.22. The minimum atomic E-state index is -0.534. The van der Waals surface area contributed by atoms with E-state index in [1.165, 1.54) is 0 Å². The van der Waals surface area contributed by atoms with Crippen LogP contribution >= 0.6 is 0 Å². The van der Waals surface area contributed by atoms with Gasteiger partial charge in [-0.05, 0) is 37.8 Å². The molecule has 0 aromatic carbocycles. The fourth-order valence-electron chi connectivity index (χ4n) is 2.62. The maximum absolute atomic E-state index is 12.4. The Hall–Kier alpha value is -0.710. The zero-order valence-electron chi connectivity index (χ0n) is 15.3. The van der Waals surface area contributed by atoms with Gasteiger partial charge in [0.15, 0.2) is 5.78 Å². The highest BCUT2D eigenvalue weighted by atomic mass is 16.6. The highest BCUT2D eigenvalue weighted by Gasteiger charge is 2.40. The number of ketones is 1. The molecule has 0 N–H and O–H groups in total. The van der Waals surface area contributed by atoms with E-state index in [4.69, 9.17) is 14.2 Å². The van der Waals surface area contributed by atoms with Crippen LogP contribution in [0.15, 0.2) is 11.6 Å². The van der Waals surface area contributed by atoms with E-state index in [2.05, 4.69) is 20.8 Å². The number of hydrogen-bond donors (Lipinski definition) is 0. The van der Waals surface area contributed by atoms with Crippen LogP contribution in [0.1, 0.15) is 66.2 Å². The van der Waals surface area contributed by atoms with Gasteiger partial charge in [-0.25, -0.2) is 0 Å². The number of carbonyl (C=O) groups is 1. The molecule has 1 aliphatic carbocycles. The normalized spacial score (nSPS) is 24.8. The molecule has 1 aliphatic rings. The summed E-state index contributed by atoms with van der Waals surface area (Å²) in [6.07, 6.45) is 6.79. The van der Waals surface area contributed by atoms with Crippen molar-refractivity contribution in [3.05, 3.63) is 11.6 Å².